The maximum Gasteiger partial charge on any atom is 0.240 e. The number of aryl methyl sites for hydroxylation is 1. The number of piperazine rings is 1. The number of carbonyl (C=O) groups excluding carboxylic acids is 1. The number of rotatable bonds is 6. The van der Waals surface area contributed by atoms with Gasteiger partial charge in [-0.2, -0.15) is 0 Å². The molecule has 0 atom stereocenters. The third kappa shape index (κ3) is 5.46. The van der Waals surface area contributed by atoms with E-state index in [0.29, 0.717) is 16.7 Å². The maximum atomic E-state index is 12.5. The predicted molar refractivity (Wildman–Crippen MR) is 124 cm³/mol. The van der Waals surface area contributed by atoms with E-state index in [-0.39, 0.29) is 5.91 Å². The van der Waals surface area contributed by atoms with Crippen molar-refractivity contribution in [1.29, 1.82) is 0 Å². The smallest absolute Gasteiger partial charge is 0.240 e. The zero-order valence-corrected chi connectivity index (χ0v) is 18.5. The van der Waals surface area contributed by atoms with Gasteiger partial charge >= 0.3 is 0 Å². The van der Waals surface area contributed by atoms with Gasteiger partial charge in [0.05, 0.1) is 12.2 Å². The van der Waals surface area contributed by atoms with Crippen molar-refractivity contribution in [3.05, 3.63) is 70.1 Å². The Labute approximate surface area is 186 Å². The van der Waals surface area contributed by atoms with Crippen molar-refractivity contribution < 1.29 is 4.79 Å². The molecule has 2 heterocycles. The van der Waals surface area contributed by atoms with Gasteiger partial charge in [-0.25, -0.2) is 4.98 Å². The molecule has 0 radical (unpaired) electrons. The number of halogens is 1. The van der Waals surface area contributed by atoms with Gasteiger partial charge in [0.2, 0.25) is 5.91 Å². The number of carbonyl (C=O) groups is 1. The number of thiazole rings is 1. The molecule has 156 valence electrons. The first-order valence-electron chi connectivity index (χ1n) is 10.1. The van der Waals surface area contributed by atoms with E-state index >= 15 is 0 Å². The molecule has 1 amide bonds. The Morgan fingerprint density at radius 2 is 1.77 bits per heavy atom. The molecule has 5 nitrogen and oxygen atoms in total. The quantitative estimate of drug-likeness (QED) is 0.611. The molecule has 0 bridgehead atoms. The zero-order chi connectivity index (χ0) is 20.9. The molecule has 30 heavy (non-hydrogen) atoms. The van der Waals surface area contributed by atoms with Crippen molar-refractivity contribution >= 4 is 34.0 Å². The molecule has 1 aromatic heterocycles. The molecule has 1 aliphatic heterocycles. The van der Waals surface area contributed by atoms with Gasteiger partial charge < -0.3 is 5.32 Å². The number of nitrogens with zero attached hydrogens (tertiary/aromatic N) is 3. The van der Waals surface area contributed by atoms with Crippen molar-refractivity contribution in [3.63, 3.8) is 0 Å². The fraction of sp³-hybridized carbons (Fsp3) is 0.304. The standard InChI is InChI=1S/C23H25ClN4OS/c1-17-4-2-3-5-19(17)14-27-10-12-28(13-11-27)15-22(29)26-23-25-21(16-30-23)18-6-8-20(24)9-7-18/h2-9,16H,10-15H2,1H3,(H,25,26,29). The summed E-state index contributed by atoms with van der Waals surface area (Å²) in [7, 11) is 0. The minimum atomic E-state index is -0.0145. The average Bonchev–Trinajstić information content (AvgIpc) is 3.20. The number of hydrogen-bond donors (Lipinski definition) is 1. The van der Waals surface area contributed by atoms with Gasteiger partial charge in [0.1, 0.15) is 0 Å². The lowest BCUT2D eigenvalue weighted by atomic mass is 10.1. The zero-order valence-electron chi connectivity index (χ0n) is 17.0. The van der Waals surface area contributed by atoms with Crippen LogP contribution in [0.2, 0.25) is 5.02 Å². The number of amides is 1. The van der Waals surface area contributed by atoms with Gasteiger partial charge in [0.15, 0.2) is 5.13 Å². The molecule has 1 N–H and O–H groups in total. The lowest BCUT2D eigenvalue weighted by Crippen LogP contribution is -2.48. The lowest BCUT2D eigenvalue weighted by molar-refractivity contribution is -0.117. The summed E-state index contributed by atoms with van der Waals surface area (Å²) in [6.07, 6.45) is 0. The van der Waals surface area contributed by atoms with Crippen molar-refractivity contribution in [3.8, 4) is 11.3 Å². The fourth-order valence-electron chi connectivity index (χ4n) is 3.58. The summed E-state index contributed by atoms with van der Waals surface area (Å²) in [6, 6.07) is 16.1. The van der Waals surface area contributed by atoms with E-state index in [1.165, 1.54) is 22.5 Å². The van der Waals surface area contributed by atoms with E-state index < -0.39 is 0 Å². The van der Waals surface area contributed by atoms with Gasteiger partial charge in [0, 0.05) is 48.7 Å². The Kier molecular flexibility index (Phi) is 6.79. The molecule has 0 spiro atoms. The third-order valence-electron chi connectivity index (χ3n) is 5.38. The number of hydrogen-bond acceptors (Lipinski definition) is 5. The van der Waals surface area contributed by atoms with Crippen LogP contribution in [0.25, 0.3) is 11.3 Å². The molecule has 1 aliphatic rings. The summed E-state index contributed by atoms with van der Waals surface area (Å²) >= 11 is 7.38. The summed E-state index contributed by atoms with van der Waals surface area (Å²) in [5, 5.41) is 6.21. The molecular formula is C23H25ClN4OS. The second-order valence-corrected chi connectivity index (χ2v) is 8.87. The van der Waals surface area contributed by atoms with E-state index in [9.17, 15) is 4.79 Å². The van der Waals surface area contributed by atoms with Crippen LogP contribution >= 0.6 is 22.9 Å². The predicted octanol–water partition coefficient (Wildman–Crippen LogP) is 4.53. The number of benzene rings is 2. The normalized spacial score (nSPS) is 15.3. The van der Waals surface area contributed by atoms with Crippen LogP contribution in [-0.2, 0) is 11.3 Å². The second-order valence-electron chi connectivity index (χ2n) is 7.57. The second kappa shape index (κ2) is 9.71. The summed E-state index contributed by atoms with van der Waals surface area (Å²) in [5.74, 6) is -0.0145. The van der Waals surface area contributed by atoms with Crippen molar-refractivity contribution in [2.24, 2.45) is 0 Å². The summed E-state index contributed by atoms with van der Waals surface area (Å²) in [6.45, 7) is 7.26. The maximum absolute atomic E-state index is 12.5. The van der Waals surface area contributed by atoms with E-state index in [1.807, 2.05) is 29.6 Å². The van der Waals surface area contributed by atoms with Gasteiger partial charge in [-0.1, -0.05) is 48.0 Å². The van der Waals surface area contributed by atoms with Crippen molar-refractivity contribution in [2.45, 2.75) is 13.5 Å². The molecule has 0 saturated carbocycles. The van der Waals surface area contributed by atoms with E-state index in [2.05, 4.69) is 51.3 Å². The molecular weight excluding hydrogens is 416 g/mol. The third-order valence-corrected chi connectivity index (χ3v) is 6.39. The van der Waals surface area contributed by atoms with Crippen molar-refractivity contribution in [2.75, 3.05) is 38.0 Å². The van der Waals surface area contributed by atoms with Gasteiger partial charge in [-0.15, -0.1) is 11.3 Å². The van der Waals surface area contributed by atoms with Gasteiger partial charge in [-0.3, -0.25) is 14.6 Å². The van der Waals surface area contributed by atoms with Crippen LogP contribution in [-0.4, -0.2) is 53.4 Å². The Bertz CT molecular complexity index is 996. The molecule has 1 fully saturated rings. The molecule has 2 aromatic carbocycles. The molecule has 0 unspecified atom stereocenters. The van der Waals surface area contributed by atoms with Gasteiger partial charge in [0.25, 0.3) is 0 Å². The highest BCUT2D eigenvalue weighted by Gasteiger charge is 2.20. The number of anilines is 1. The topological polar surface area (TPSA) is 48.5 Å². The highest BCUT2D eigenvalue weighted by Crippen LogP contribution is 2.26. The Hall–Kier alpha value is -2.25. The highest BCUT2D eigenvalue weighted by molar-refractivity contribution is 7.14. The van der Waals surface area contributed by atoms with Crippen LogP contribution < -0.4 is 5.32 Å². The molecule has 1 saturated heterocycles. The lowest BCUT2D eigenvalue weighted by Gasteiger charge is -2.34. The highest BCUT2D eigenvalue weighted by atomic mass is 35.5. The van der Waals surface area contributed by atoms with Crippen LogP contribution in [0.4, 0.5) is 5.13 Å². The van der Waals surface area contributed by atoms with Crippen LogP contribution in [0, 0.1) is 6.92 Å². The summed E-state index contributed by atoms with van der Waals surface area (Å²) < 4.78 is 0. The molecule has 4 rings (SSSR count). The Morgan fingerprint density at radius 1 is 1.07 bits per heavy atom. The molecule has 0 aliphatic carbocycles. The first kappa shape index (κ1) is 21.0. The molecule has 3 aromatic rings. The minimum absolute atomic E-state index is 0.0145. The minimum Gasteiger partial charge on any atom is -0.301 e. The summed E-state index contributed by atoms with van der Waals surface area (Å²) in [4.78, 5) is 21.7. The van der Waals surface area contributed by atoms with E-state index in [0.717, 1.165) is 44.0 Å². The first-order chi connectivity index (χ1) is 14.6. The Balaban J connectivity index is 1.24. The monoisotopic (exact) mass is 440 g/mol. The van der Waals surface area contributed by atoms with Gasteiger partial charge in [-0.05, 0) is 30.2 Å². The van der Waals surface area contributed by atoms with Crippen LogP contribution in [0.5, 0.6) is 0 Å². The average molecular weight is 441 g/mol. The number of aromatic nitrogens is 1. The SMILES string of the molecule is Cc1ccccc1CN1CCN(CC(=O)Nc2nc(-c3ccc(Cl)cc3)cs2)CC1. The first-order valence-corrected chi connectivity index (χ1v) is 11.3. The molecule has 7 heteroatoms. The largest absolute Gasteiger partial charge is 0.301 e. The van der Waals surface area contributed by atoms with Crippen LogP contribution in [0.1, 0.15) is 11.1 Å². The van der Waals surface area contributed by atoms with E-state index in [1.54, 1.807) is 0 Å². The van der Waals surface area contributed by atoms with Crippen LogP contribution in [0.3, 0.4) is 0 Å². The number of nitrogens with one attached hydrogen (secondary N) is 1. The Morgan fingerprint density at radius 3 is 2.50 bits per heavy atom. The van der Waals surface area contributed by atoms with Crippen LogP contribution in [0.15, 0.2) is 53.9 Å². The van der Waals surface area contributed by atoms with Crippen molar-refractivity contribution in [1.82, 2.24) is 14.8 Å². The summed E-state index contributed by atoms with van der Waals surface area (Å²) in [5.41, 5.74) is 4.54. The fourth-order valence-corrected chi connectivity index (χ4v) is 4.44. The van der Waals surface area contributed by atoms with E-state index in [4.69, 9.17) is 11.6 Å².